The molecule has 1 saturated heterocycles. The number of amidine groups is 1. The lowest BCUT2D eigenvalue weighted by Gasteiger charge is -2.39. The number of likely N-dealkylation sites (N-methyl/N-ethyl adjacent to an activating group) is 1. The van der Waals surface area contributed by atoms with Crippen LogP contribution < -0.4 is 5.32 Å². The second-order valence-electron chi connectivity index (χ2n) is 4.71. The van der Waals surface area contributed by atoms with Crippen LogP contribution in [0, 0.1) is 0 Å². The standard InChI is InChI=1S/C12H21N3O4S/c1-4-15(5-2)10(18)9-8(17)7(16)6-11(19-9)20-12(13-3)14-6/h6-9,11,16-17H,4-5H2,1-3H3,(H,13,14)/t6-,7-,8+,9+,11-/m1/s1. The molecule has 0 aromatic carbocycles. The van der Waals surface area contributed by atoms with Gasteiger partial charge in [0.2, 0.25) is 0 Å². The molecule has 0 aliphatic carbocycles. The molecule has 2 heterocycles. The molecule has 2 rings (SSSR count). The highest BCUT2D eigenvalue weighted by atomic mass is 32.2. The van der Waals surface area contributed by atoms with E-state index in [-0.39, 0.29) is 5.91 Å². The van der Waals surface area contributed by atoms with Gasteiger partial charge in [0.05, 0.1) is 0 Å². The third-order valence-electron chi connectivity index (χ3n) is 3.60. The van der Waals surface area contributed by atoms with Gasteiger partial charge in [0.1, 0.15) is 23.7 Å². The largest absolute Gasteiger partial charge is 0.388 e. The normalized spacial score (nSPS) is 36.2. The quantitative estimate of drug-likeness (QED) is 0.619. The number of nitrogens with zero attached hydrogens (tertiary/aromatic N) is 2. The fourth-order valence-corrected chi connectivity index (χ4v) is 3.46. The Morgan fingerprint density at radius 2 is 2.05 bits per heavy atom. The van der Waals surface area contributed by atoms with E-state index in [9.17, 15) is 15.0 Å². The summed E-state index contributed by atoms with van der Waals surface area (Å²) >= 11 is 1.32. The summed E-state index contributed by atoms with van der Waals surface area (Å²) in [6, 6.07) is -0.543. The first-order chi connectivity index (χ1) is 9.53. The van der Waals surface area contributed by atoms with E-state index in [1.54, 1.807) is 11.9 Å². The van der Waals surface area contributed by atoms with Crippen LogP contribution in [0.2, 0.25) is 0 Å². The molecule has 7 nitrogen and oxygen atoms in total. The second-order valence-corrected chi connectivity index (χ2v) is 5.80. The molecule has 0 aromatic heterocycles. The number of fused-ring (bicyclic) bond motifs is 1. The van der Waals surface area contributed by atoms with Crippen LogP contribution in [0.1, 0.15) is 13.8 Å². The molecule has 0 aromatic rings. The van der Waals surface area contributed by atoms with E-state index in [2.05, 4.69) is 10.3 Å². The zero-order chi connectivity index (χ0) is 14.9. The number of amides is 1. The minimum Gasteiger partial charge on any atom is -0.388 e. The van der Waals surface area contributed by atoms with Gasteiger partial charge < -0.3 is 25.2 Å². The van der Waals surface area contributed by atoms with Crippen molar-refractivity contribution in [3.8, 4) is 0 Å². The van der Waals surface area contributed by atoms with Gasteiger partial charge in [-0.3, -0.25) is 9.79 Å². The molecular formula is C12H21N3O4S. The van der Waals surface area contributed by atoms with E-state index in [0.29, 0.717) is 18.3 Å². The number of aliphatic hydroxyl groups excluding tert-OH is 2. The highest BCUT2D eigenvalue weighted by Gasteiger charge is 2.51. The van der Waals surface area contributed by atoms with Crippen molar-refractivity contribution in [2.45, 2.75) is 43.6 Å². The van der Waals surface area contributed by atoms with Gasteiger partial charge >= 0.3 is 0 Å². The Labute approximate surface area is 122 Å². The van der Waals surface area contributed by atoms with Crippen LogP contribution in [0.4, 0.5) is 0 Å². The average molecular weight is 303 g/mol. The van der Waals surface area contributed by atoms with E-state index >= 15 is 0 Å². The van der Waals surface area contributed by atoms with Crippen LogP contribution in [0.25, 0.3) is 0 Å². The third kappa shape index (κ3) is 2.65. The molecule has 0 radical (unpaired) electrons. The van der Waals surface area contributed by atoms with Gasteiger partial charge in [-0.25, -0.2) is 0 Å². The summed E-state index contributed by atoms with van der Waals surface area (Å²) in [4.78, 5) is 18.2. The van der Waals surface area contributed by atoms with Gasteiger partial charge in [-0.1, -0.05) is 11.8 Å². The smallest absolute Gasteiger partial charge is 0.254 e. The van der Waals surface area contributed by atoms with E-state index in [0.717, 1.165) is 0 Å². The molecule has 0 unspecified atom stereocenters. The van der Waals surface area contributed by atoms with Crippen molar-refractivity contribution < 1.29 is 19.7 Å². The molecule has 8 heteroatoms. The van der Waals surface area contributed by atoms with Crippen LogP contribution in [0.3, 0.4) is 0 Å². The van der Waals surface area contributed by atoms with E-state index in [1.807, 2.05) is 13.8 Å². The SMILES string of the molecule is CCN(CC)C(=O)[C@H]1O[C@@H]2SC(NC)=N[C@@H]2[C@@H](O)[C@@H]1O. The van der Waals surface area contributed by atoms with Crippen LogP contribution in [0.15, 0.2) is 4.99 Å². The number of aliphatic hydroxyl groups is 2. The third-order valence-corrected chi connectivity index (χ3v) is 4.75. The summed E-state index contributed by atoms with van der Waals surface area (Å²) in [5.41, 5.74) is -0.444. The summed E-state index contributed by atoms with van der Waals surface area (Å²) in [5.74, 6) is -0.293. The van der Waals surface area contributed by atoms with Crippen LogP contribution in [-0.2, 0) is 9.53 Å². The number of hydrogen-bond donors (Lipinski definition) is 3. The predicted octanol–water partition coefficient (Wildman–Crippen LogP) is -1.01. The molecule has 5 atom stereocenters. The Bertz CT molecular complexity index is 402. The molecule has 3 N–H and O–H groups in total. The Morgan fingerprint density at radius 1 is 1.40 bits per heavy atom. The molecule has 1 amide bonds. The van der Waals surface area contributed by atoms with Crippen molar-refractivity contribution in [2.24, 2.45) is 4.99 Å². The maximum absolute atomic E-state index is 12.3. The lowest BCUT2D eigenvalue weighted by Crippen LogP contribution is -2.59. The first-order valence-electron chi connectivity index (χ1n) is 6.76. The number of ether oxygens (including phenoxy) is 1. The van der Waals surface area contributed by atoms with E-state index in [1.165, 1.54) is 11.8 Å². The molecule has 2 aliphatic heterocycles. The van der Waals surface area contributed by atoms with Gasteiger partial charge in [-0.05, 0) is 13.8 Å². The maximum atomic E-state index is 12.3. The minimum atomic E-state index is -1.26. The van der Waals surface area contributed by atoms with Crippen molar-refractivity contribution in [2.75, 3.05) is 20.1 Å². The molecule has 1 fully saturated rings. The fraction of sp³-hybridized carbons (Fsp3) is 0.833. The lowest BCUT2D eigenvalue weighted by molar-refractivity contribution is -0.179. The van der Waals surface area contributed by atoms with Crippen molar-refractivity contribution in [3.05, 3.63) is 0 Å². The van der Waals surface area contributed by atoms with Crippen molar-refractivity contribution >= 4 is 22.8 Å². The topological polar surface area (TPSA) is 94.4 Å². The van der Waals surface area contributed by atoms with Gasteiger partial charge in [-0.15, -0.1) is 0 Å². The first-order valence-corrected chi connectivity index (χ1v) is 7.64. The number of carbonyl (C=O) groups is 1. The summed E-state index contributed by atoms with van der Waals surface area (Å²) in [6.07, 6.45) is -3.40. The number of aliphatic imine (C=N–C) groups is 1. The molecular weight excluding hydrogens is 282 g/mol. The summed E-state index contributed by atoms with van der Waals surface area (Å²) in [7, 11) is 1.73. The fourth-order valence-electron chi connectivity index (χ4n) is 2.40. The lowest BCUT2D eigenvalue weighted by atomic mass is 9.97. The zero-order valence-electron chi connectivity index (χ0n) is 11.8. The molecule has 0 spiro atoms. The summed E-state index contributed by atoms with van der Waals surface area (Å²) in [6.45, 7) is 4.81. The highest BCUT2D eigenvalue weighted by molar-refractivity contribution is 8.14. The number of hydrogen-bond acceptors (Lipinski definition) is 7. The highest BCUT2D eigenvalue weighted by Crippen LogP contribution is 2.36. The summed E-state index contributed by atoms with van der Waals surface area (Å²) < 4.78 is 5.68. The first kappa shape index (κ1) is 15.6. The van der Waals surface area contributed by atoms with Gasteiger partial charge in [0, 0.05) is 20.1 Å². The van der Waals surface area contributed by atoms with Gasteiger partial charge in [0.15, 0.2) is 11.3 Å². The van der Waals surface area contributed by atoms with Crippen LogP contribution in [-0.4, -0.2) is 76.1 Å². The van der Waals surface area contributed by atoms with Crippen molar-refractivity contribution in [3.63, 3.8) is 0 Å². The molecule has 114 valence electrons. The average Bonchev–Trinajstić information content (AvgIpc) is 2.87. The van der Waals surface area contributed by atoms with Crippen molar-refractivity contribution in [1.82, 2.24) is 10.2 Å². The Balaban J connectivity index is 2.13. The Morgan fingerprint density at radius 3 is 2.60 bits per heavy atom. The van der Waals surface area contributed by atoms with Crippen LogP contribution in [0.5, 0.6) is 0 Å². The molecule has 20 heavy (non-hydrogen) atoms. The maximum Gasteiger partial charge on any atom is 0.254 e. The molecule has 0 saturated carbocycles. The number of nitrogens with one attached hydrogen (secondary N) is 1. The zero-order valence-corrected chi connectivity index (χ0v) is 12.6. The number of thioether (sulfide) groups is 1. The van der Waals surface area contributed by atoms with E-state index < -0.39 is 29.8 Å². The Kier molecular flexibility index (Phi) is 4.90. The Hall–Kier alpha value is -0.830. The van der Waals surface area contributed by atoms with E-state index in [4.69, 9.17) is 4.74 Å². The van der Waals surface area contributed by atoms with Crippen molar-refractivity contribution in [1.29, 1.82) is 0 Å². The molecule has 2 aliphatic rings. The number of rotatable bonds is 3. The second kappa shape index (κ2) is 6.30. The van der Waals surface area contributed by atoms with Gasteiger partial charge in [0.25, 0.3) is 5.91 Å². The van der Waals surface area contributed by atoms with Crippen LogP contribution >= 0.6 is 11.8 Å². The molecule has 0 bridgehead atoms. The predicted molar refractivity (Wildman–Crippen MR) is 76.5 cm³/mol. The van der Waals surface area contributed by atoms with Gasteiger partial charge in [-0.2, -0.15) is 0 Å². The number of carbonyl (C=O) groups excluding carboxylic acids is 1. The summed E-state index contributed by atoms with van der Waals surface area (Å²) in [5, 5.41) is 23.8. The monoisotopic (exact) mass is 303 g/mol. The minimum absolute atomic E-state index is 0.293.